The summed E-state index contributed by atoms with van der Waals surface area (Å²) in [4.78, 5) is 57.8. The Morgan fingerprint density at radius 2 is 1.57 bits per heavy atom. The quantitative estimate of drug-likeness (QED) is 0.151. The van der Waals surface area contributed by atoms with Gasteiger partial charge in [0.2, 0.25) is 17.7 Å². The van der Waals surface area contributed by atoms with Crippen LogP contribution in [0.3, 0.4) is 0 Å². The van der Waals surface area contributed by atoms with E-state index in [4.69, 9.17) is 15.9 Å². The predicted octanol–water partition coefficient (Wildman–Crippen LogP) is -1.97. The lowest BCUT2D eigenvalue weighted by atomic mass is 10.1. The van der Waals surface area contributed by atoms with Gasteiger partial charge in [0.1, 0.15) is 18.6 Å². The first kappa shape index (κ1) is 26.0. The van der Waals surface area contributed by atoms with E-state index in [1.807, 2.05) is 6.26 Å². The number of carboxylic acid groups (broad SMARTS) is 2. The number of amides is 3. The van der Waals surface area contributed by atoms with E-state index >= 15 is 0 Å². The molecule has 0 heterocycles. The average molecular weight is 439 g/mol. The Morgan fingerprint density at radius 3 is 2.07 bits per heavy atom. The summed E-state index contributed by atoms with van der Waals surface area (Å²) in [6.07, 6.45) is 1.62. The molecule has 3 amide bonds. The maximum atomic E-state index is 12.4. The second-order valence-corrected chi connectivity index (χ2v) is 7.09. The molecule has 11 nitrogen and oxygen atoms in total. The number of thioether (sulfide) groups is 1. The molecule has 0 aliphatic rings. The first-order chi connectivity index (χ1) is 13.1. The summed E-state index contributed by atoms with van der Waals surface area (Å²) in [5, 5.41) is 24.3. The van der Waals surface area contributed by atoms with Crippen LogP contribution in [-0.4, -0.2) is 82.3 Å². The molecule has 0 bridgehead atoms. The Kier molecular flexibility index (Phi) is 13.1. The number of hydrogen-bond donors (Lipinski definition) is 7. The molecule has 13 heteroatoms. The maximum Gasteiger partial charge on any atom is 0.322 e. The lowest BCUT2D eigenvalue weighted by molar-refractivity contribution is -0.138. The summed E-state index contributed by atoms with van der Waals surface area (Å²) in [6, 6.07) is -3.25. The van der Waals surface area contributed by atoms with Crippen molar-refractivity contribution < 1.29 is 34.2 Å². The van der Waals surface area contributed by atoms with E-state index in [1.54, 1.807) is 0 Å². The van der Waals surface area contributed by atoms with Crippen LogP contribution in [0, 0.1) is 0 Å². The fourth-order valence-corrected chi connectivity index (χ4v) is 2.69. The third kappa shape index (κ3) is 11.0. The molecule has 3 atom stereocenters. The standard InChI is InChI=1S/C15H26N4O7S2/c1-28-5-4-8(16)13(24)18-9(2-3-11(20)21)15(26)19-10(7-27)14(25)17-6-12(22)23/h8-10,27H,2-7,16H2,1H3,(H,17,25)(H,18,24)(H,19,26)(H,20,21)(H,22,23). The van der Waals surface area contributed by atoms with E-state index in [2.05, 4.69) is 28.6 Å². The van der Waals surface area contributed by atoms with Gasteiger partial charge >= 0.3 is 11.9 Å². The average Bonchev–Trinajstić information content (AvgIpc) is 2.64. The fraction of sp³-hybridized carbons (Fsp3) is 0.667. The fourth-order valence-electron chi connectivity index (χ4n) is 1.94. The van der Waals surface area contributed by atoms with E-state index in [0.29, 0.717) is 12.2 Å². The molecule has 0 spiro atoms. The SMILES string of the molecule is CSCCC(N)C(=O)NC(CCC(=O)O)C(=O)NC(CS)C(=O)NCC(=O)O. The molecule has 0 aliphatic heterocycles. The van der Waals surface area contributed by atoms with Crippen molar-refractivity contribution in [2.45, 2.75) is 37.4 Å². The highest BCUT2D eigenvalue weighted by Crippen LogP contribution is 2.03. The number of rotatable bonds is 14. The summed E-state index contributed by atoms with van der Waals surface area (Å²) in [5.74, 6) is -4.11. The van der Waals surface area contributed by atoms with Crippen LogP contribution in [-0.2, 0) is 24.0 Å². The lowest BCUT2D eigenvalue weighted by Crippen LogP contribution is -2.56. The van der Waals surface area contributed by atoms with Crippen LogP contribution in [0.15, 0.2) is 0 Å². The van der Waals surface area contributed by atoms with Crippen molar-refractivity contribution in [1.82, 2.24) is 16.0 Å². The van der Waals surface area contributed by atoms with Crippen LogP contribution in [0.2, 0.25) is 0 Å². The minimum absolute atomic E-state index is 0.135. The van der Waals surface area contributed by atoms with E-state index in [-0.39, 0.29) is 12.2 Å². The number of carboxylic acids is 2. The summed E-state index contributed by atoms with van der Waals surface area (Å²) in [6.45, 7) is -0.636. The van der Waals surface area contributed by atoms with Crippen molar-refractivity contribution in [2.75, 3.05) is 24.3 Å². The first-order valence-electron chi connectivity index (χ1n) is 8.29. The van der Waals surface area contributed by atoms with Crippen molar-refractivity contribution in [1.29, 1.82) is 0 Å². The van der Waals surface area contributed by atoms with Crippen molar-refractivity contribution in [2.24, 2.45) is 5.73 Å². The van der Waals surface area contributed by atoms with E-state index in [0.717, 1.165) is 0 Å². The number of carbonyl (C=O) groups excluding carboxylic acids is 3. The monoisotopic (exact) mass is 438 g/mol. The van der Waals surface area contributed by atoms with E-state index < -0.39 is 60.8 Å². The number of carbonyl (C=O) groups is 5. The van der Waals surface area contributed by atoms with Gasteiger partial charge in [-0.1, -0.05) is 0 Å². The predicted molar refractivity (Wildman–Crippen MR) is 106 cm³/mol. The zero-order valence-electron chi connectivity index (χ0n) is 15.3. The van der Waals surface area contributed by atoms with Crippen molar-refractivity contribution in [3.63, 3.8) is 0 Å². The number of nitrogens with two attached hydrogens (primary N) is 1. The van der Waals surface area contributed by atoms with Crippen LogP contribution in [0.4, 0.5) is 0 Å². The highest BCUT2D eigenvalue weighted by Gasteiger charge is 2.28. The number of aliphatic carboxylic acids is 2. The van der Waals surface area contributed by atoms with Crippen molar-refractivity contribution in [3.05, 3.63) is 0 Å². The molecular weight excluding hydrogens is 412 g/mol. The molecule has 0 fully saturated rings. The van der Waals surface area contributed by atoms with Crippen LogP contribution in [0.1, 0.15) is 19.3 Å². The van der Waals surface area contributed by atoms with Gasteiger partial charge in [-0.3, -0.25) is 24.0 Å². The molecular formula is C15H26N4O7S2. The summed E-state index contributed by atoms with van der Waals surface area (Å²) >= 11 is 5.44. The molecule has 0 aliphatic carbocycles. The number of hydrogen-bond acceptors (Lipinski definition) is 8. The van der Waals surface area contributed by atoms with Gasteiger partial charge in [0.15, 0.2) is 0 Å². The van der Waals surface area contributed by atoms with E-state index in [9.17, 15) is 24.0 Å². The van der Waals surface area contributed by atoms with Crippen LogP contribution >= 0.6 is 24.4 Å². The first-order valence-corrected chi connectivity index (χ1v) is 10.3. The molecule has 0 aromatic heterocycles. The second-order valence-electron chi connectivity index (χ2n) is 5.74. The third-order valence-corrected chi connectivity index (χ3v) is 4.49. The van der Waals surface area contributed by atoms with Crippen LogP contribution in [0.25, 0.3) is 0 Å². The summed E-state index contributed by atoms with van der Waals surface area (Å²) in [7, 11) is 0. The zero-order chi connectivity index (χ0) is 21.7. The topological polar surface area (TPSA) is 188 Å². The molecule has 3 unspecified atom stereocenters. The summed E-state index contributed by atoms with van der Waals surface area (Å²) in [5.41, 5.74) is 5.75. The molecule has 28 heavy (non-hydrogen) atoms. The van der Waals surface area contributed by atoms with Crippen LogP contribution in [0.5, 0.6) is 0 Å². The number of nitrogens with one attached hydrogen (secondary N) is 3. The zero-order valence-corrected chi connectivity index (χ0v) is 17.1. The molecule has 7 N–H and O–H groups in total. The van der Waals surface area contributed by atoms with Gasteiger partial charge in [-0.05, 0) is 24.9 Å². The smallest absolute Gasteiger partial charge is 0.322 e. The van der Waals surface area contributed by atoms with Gasteiger partial charge in [0, 0.05) is 12.2 Å². The highest BCUT2D eigenvalue weighted by molar-refractivity contribution is 7.98. The van der Waals surface area contributed by atoms with Gasteiger partial charge in [-0.15, -0.1) is 0 Å². The van der Waals surface area contributed by atoms with Crippen molar-refractivity contribution >= 4 is 54.1 Å². The molecule has 160 valence electrons. The maximum absolute atomic E-state index is 12.4. The van der Waals surface area contributed by atoms with Gasteiger partial charge in [-0.25, -0.2) is 0 Å². The minimum atomic E-state index is -1.26. The molecule has 0 saturated heterocycles. The second kappa shape index (κ2) is 14.1. The molecule has 0 saturated carbocycles. The summed E-state index contributed by atoms with van der Waals surface area (Å²) < 4.78 is 0. The molecule has 0 rings (SSSR count). The Morgan fingerprint density at radius 1 is 0.964 bits per heavy atom. The Labute approximate surface area is 172 Å². The Bertz CT molecular complexity index is 577. The van der Waals surface area contributed by atoms with Gasteiger partial charge in [0.25, 0.3) is 0 Å². The Balaban J connectivity index is 5.02. The molecule has 0 aromatic rings. The van der Waals surface area contributed by atoms with Gasteiger partial charge in [-0.2, -0.15) is 24.4 Å². The van der Waals surface area contributed by atoms with Gasteiger partial charge < -0.3 is 31.9 Å². The minimum Gasteiger partial charge on any atom is -0.481 e. The number of thiol groups is 1. The van der Waals surface area contributed by atoms with E-state index in [1.165, 1.54) is 11.8 Å². The third-order valence-electron chi connectivity index (χ3n) is 3.48. The normalized spacial score (nSPS) is 13.7. The molecule has 0 aromatic carbocycles. The molecule has 0 radical (unpaired) electrons. The highest BCUT2D eigenvalue weighted by atomic mass is 32.2. The Hall–Kier alpha value is -1.99. The lowest BCUT2D eigenvalue weighted by Gasteiger charge is -2.23. The van der Waals surface area contributed by atoms with Crippen LogP contribution < -0.4 is 21.7 Å². The van der Waals surface area contributed by atoms with Crippen molar-refractivity contribution in [3.8, 4) is 0 Å². The van der Waals surface area contributed by atoms with Gasteiger partial charge in [0.05, 0.1) is 6.04 Å². The largest absolute Gasteiger partial charge is 0.481 e.